The van der Waals surface area contributed by atoms with Gasteiger partial charge in [0, 0.05) is 31.3 Å². The van der Waals surface area contributed by atoms with Gasteiger partial charge in [-0.3, -0.25) is 4.98 Å². The molecule has 0 amide bonds. The SMILES string of the molecule is N#Cc1nccn1Cc1ccncc1. The van der Waals surface area contributed by atoms with Gasteiger partial charge in [0.2, 0.25) is 5.82 Å². The zero-order valence-corrected chi connectivity index (χ0v) is 7.46. The molecule has 4 nitrogen and oxygen atoms in total. The summed E-state index contributed by atoms with van der Waals surface area (Å²) < 4.78 is 1.80. The normalized spacial score (nSPS) is 9.64. The Morgan fingerprint density at radius 3 is 2.79 bits per heavy atom. The van der Waals surface area contributed by atoms with E-state index in [9.17, 15) is 0 Å². The van der Waals surface area contributed by atoms with Crippen LogP contribution in [-0.2, 0) is 6.54 Å². The predicted molar refractivity (Wildman–Crippen MR) is 50.3 cm³/mol. The van der Waals surface area contributed by atoms with E-state index in [1.54, 1.807) is 29.4 Å². The van der Waals surface area contributed by atoms with Crippen LogP contribution in [0.25, 0.3) is 0 Å². The number of aromatic nitrogens is 3. The third kappa shape index (κ3) is 1.62. The highest BCUT2D eigenvalue weighted by molar-refractivity contribution is 5.16. The van der Waals surface area contributed by atoms with Gasteiger partial charge in [0.15, 0.2) is 0 Å². The molecule has 0 aromatic carbocycles. The van der Waals surface area contributed by atoms with Crippen molar-refractivity contribution in [2.75, 3.05) is 0 Å². The monoisotopic (exact) mass is 184 g/mol. The topological polar surface area (TPSA) is 54.5 Å². The van der Waals surface area contributed by atoms with Crippen LogP contribution in [0, 0.1) is 11.3 Å². The zero-order valence-electron chi connectivity index (χ0n) is 7.46. The quantitative estimate of drug-likeness (QED) is 0.704. The van der Waals surface area contributed by atoms with E-state index >= 15 is 0 Å². The molecule has 0 radical (unpaired) electrons. The Morgan fingerprint density at radius 1 is 1.29 bits per heavy atom. The Labute approximate surface area is 81.5 Å². The zero-order chi connectivity index (χ0) is 9.80. The molecule has 0 atom stereocenters. The lowest BCUT2D eigenvalue weighted by atomic mass is 10.3. The van der Waals surface area contributed by atoms with E-state index in [2.05, 4.69) is 9.97 Å². The van der Waals surface area contributed by atoms with Crippen molar-refractivity contribution in [1.29, 1.82) is 5.26 Å². The van der Waals surface area contributed by atoms with Gasteiger partial charge in [0.05, 0.1) is 0 Å². The molecular formula is C10H8N4. The van der Waals surface area contributed by atoms with Crippen molar-refractivity contribution in [1.82, 2.24) is 14.5 Å². The number of hydrogen-bond donors (Lipinski definition) is 0. The summed E-state index contributed by atoms with van der Waals surface area (Å²) in [4.78, 5) is 7.84. The molecule has 0 saturated heterocycles. The van der Waals surface area contributed by atoms with E-state index in [1.807, 2.05) is 18.2 Å². The molecule has 0 saturated carbocycles. The summed E-state index contributed by atoms with van der Waals surface area (Å²) >= 11 is 0. The highest BCUT2D eigenvalue weighted by Gasteiger charge is 2.00. The fraction of sp³-hybridized carbons (Fsp3) is 0.100. The molecule has 0 bridgehead atoms. The summed E-state index contributed by atoms with van der Waals surface area (Å²) in [5.74, 6) is 0.432. The lowest BCUT2D eigenvalue weighted by molar-refractivity contribution is 0.781. The first-order chi connectivity index (χ1) is 6.90. The molecule has 0 aliphatic carbocycles. The molecular weight excluding hydrogens is 176 g/mol. The molecule has 0 N–H and O–H groups in total. The Kier molecular flexibility index (Phi) is 2.24. The van der Waals surface area contributed by atoms with Crippen LogP contribution >= 0.6 is 0 Å². The summed E-state index contributed by atoms with van der Waals surface area (Å²) in [6, 6.07) is 5.87. The van der Waals surface area contributed by atoms with Crippen LogP contribution < -0.4 is 0 Å². The molecule has 0 aliphatic heterocycles. The lowest BCUT2D eigenvalue weighted by Crippen LogP contribution is -2.01. The molecule has 4 heteroatoms. The van der Waals surface area contributed by atoms with Crippen molar-refractivity contribution in [3.8, 4) is 6.07 Å². The summed E-state index contributed by atoms with van der Waals surface area (Å²) in [6.45, 7) is 0.658. The van der Waals surface area contributed by atoms with Gasteiger partial charge in [0.25, 0.3) is 0 Å². The second-order valence-electron chi connectivity index (χ2n) is 2.85. The van der Waals surface area contributed by atoms with E-state index in [1.165, 1.54) is 0 Å². The van der Waals surface area contributed by atoms with Crippen LogP contribution in [0.3, 0.4) is 0 Å². The van der Waals surface area contributed by atoms with Gasteiger partial charge in [0.1, 0.15) is 6.07 Å². The first-order valence-corrected chi connectivity index (χ1v) is 4.20. The van der Waals surface area contributed by atoms with Crippen LogP contribution in [0.2, 0.25) is 0 Å². The number of rotatable bonds is 2. The van der Waals surface area contributed by atoms with E-state index in [0.717, 1.165) is 5.56 Å². The lowest BCUT2D eigenvalue weighted by Gasteiger charge is -2.02. The van der Waals surface area contributed by atoms with E-state index in [4.69, 9.17) is 5.26 Å². The Bertz CT molecular complexity index is 452. The van der Waals surface area contributed by atoms with Crippen molar-refractivity contribution in [3.63, 3.8) is 0 Å². The van der Waals surface area contributed by atoms with Crippen molar-refractivity contribution in [3.05, 3.63) is 48.3 Å². The van der Waals surface area contributed by atoms with Gasteiger partial charge in [-0.15, -0.1) is 0 Å². The van der Waals surface area contributed by atoms with Gasteiger partial charge in [-0.2, -0.15) is 5.26 Å². The van der Waals surface area contributed by atoms with Gasteiger partial charge in [-0.25, -0.2) is 4.98 Å². The minimum Gasteiger partial charge on any atom is -0.318 e. The average Bonchev–Trinajstić information content (AvgIpc) is 2.67. The molecule has 2 aromatic rings. The minimum absolute atomic E-state index is 0.432. The molecule has 0 spiro atoms. The van der Waals surface area contributed by atoms with Crippen molar-refractivity contribution in [2.24, 2.45) is 0 Å². The van der Waals surface area contributed by atoms with E-state index in [-0.39, 0.29) is 0 Å². The standard InChI is InChI=1S/C10H8N4/c11-7-10-13-5-6-14(10)8-9-1-3-12-4-2-9/h1-6H,8H2. The second kappa shape index (κ2) is 3.71. The first kappa shape index (κ1) is 8.45. The molecule has 2 heterocycles. The Balaban J connectivity index is 2.24. The minimum atomic E-state index is 0.432. The van der Waals surface area contributed by atoms with E-state index < -0.39 is 0 Å². The summed E-state index contributed by atoms with van der Waals surface area (Å²) in [5, 5.41) is 8.74. The third-order valence-corrected chi connectivity index (χ3v) is 1.92. The molecule has 2 aromatic heterocycles. The fourth-order valence-electron chi connectivity index (χ4n) is 1.23. The maximum absolute atomic E-state index is 8.74. The number of nitriles is 1. The van der Waals surface area contributed by atoms with Crippen molar-refractivity contribution >= 4 is 0 Å². The maximum Gasteiger partial charge on any atom is 0.213 e. The van der Waals surface area contributed by atoms with Gasteiger partial charge in [-0.05, 0) is 17.7 Å². The predicted octanol–water partition coefficient (Wildman–Crippen LogP) is 1.20. The molecule has 14 heavy (non-hydrogen) atoms. The van der Waals surface area contributed by atoms with E-state index in [0.29, 0.717) is 12.4 Å². The van der Waals surface area contributed by atoms with Crippen LogP contribution in [0.5, 0.6) is 0 Å². The highest BCUT2D eigenvalue weighted by atomic mass is 15.1. The largest absolute Gasteiger partial charge is 0.318 e. The number of hydrogen-bond acceptors (Lipinski definition) is 3. The highest BCUT2D eigenvalue weighted by Crippen LogP contribution is 2.03. The fourth-order valence-corrected chi connectivity index (χ4v) is 1.23. The second-order valence-corrected chi connectivity index (χ2v) is 2.85. The number of pyridine rings is 1. The molecule has 0 aliphatic rings. The third-order valence-electron chi connectivity index (χ3n) is 1.92. The van der Waals surface area contributed by atoms with Crippen LogP contribution in [0.15, 0.2) is 36.9 Å². The molecule has 68 valence electrons. The average molecular weight is 184 g/mol. The van der Waals surface area contributed by atoms with Gasteiger partial charge in [-0.1, -0.05) is 0 Å². The van der Waals surface area contributed by atoms with Crippen molar-refractivity contribution < 1.29 is 0 Å². The van der Waals surface area contributed by atoms with Crippen LogP contribution in [0.1, 0.15) is 11.4 Å². The van der Waals surface area contributed by atoms with Crippen LogP contribution in [-0.4, -0.2) is 14.5 Å². The number of nitrogens with zero attached hydrogens (tertiary/aromatic N) is 4. The van der Waals surface area contributed by atoms with Crippen molar-refractivity contribution in [2.45, 2.75) is 6.54 Å². The smallest absolute Gasteiger partial charge is 0.213 e. The maximum atomic E-state index is 8.74. The Morgan fingerprint density at radius 2 is 2.07 bits per heavy atom. The first-order valence-electron chi connectivity index (χ1n) is 4.20. The van der Waals surface area contributed by atoms with Gasteiger partial charge >= 0.3 is 0 Å². The molecule has 0 fully saturated rings. The van der Waals surface area contributed by atoms with Gasteiger partial charge < -0.3 is 4.57 Å². The summed E-state index contributed by atoms with van der Waals surface area (Å²) in [6.07, 6.45) is 6.88. The number of imidazole rings is 1. The molecule has 0 unspecified atom stereocenters. The van der Waals surface area contributed by atoms with Crippen LogP contribution in [0.4, 0.5) is 0 Å². The summed E-state index contributed by atoms with van der Waals surface area (Å²) in [7, 11) is 0. The molecule has 2 rings (SSSR count). The Hall–Kier alpha value is -2.15. The summed E-state index contributed by atoms with van der Waals surface area (Å²) in [5.41, 5.74) is 1.11.